The van der Waals surface area contributed by atoms with Gasteiger partial charge in [-0.05, 0) is 103 Å². The molecule has 0 radical (unpaired) electrons. The van der Waals surface area contributed by atoms with Crippen LogP contribution in [0.2, 0.25) is 0 Å². The molecule has 0 aromatic carbocycles. The fourth-order valence-electron chi connectivity index (χ4n) is 10.6. The van der Waals surface area contributed by atoms with Gasteiger partial charge in [-0.2, -0.15) is 0 Å². The third-order valence-corrected chi connectivity index (χ3v) is 18.5. The summed E-state index contributed by atoms with van der Waals surface area (Å²) in [6.07, 6.45) is 76.7. The number of ether oxygens (including phenoxy) is 4. The van der Waals surface area contributed by atoms with Gasteiger partial charge < -0.3 is 33.8 Å². The van der Waals surface area contributed by atoms with Crippen LogP contribution in [0.15, 0.2) is 97.2 Å². The molecule has 0 aliphatic rings. The zero-order chi connectivity index (χ0) is 73.2. The molecule has 100 heavy (non-hydrogen) atoms. The molecule has 0 aliphatic carbocycles. The summed E-state index contributed by atoms with van der Waals surface area (Å²) in [6, 6.07) is 0. The molecule has 0 saturated heterocycles. The van der Waals surface area contributed by atoms with Crippen LogP contribution >= 0.6 is 15.6 Å². The Kier molecular flexibility index (Phi) is 70.4. The summed E-state index contributed by atoms with van der Waals surface area (Å²) in [6.45, 7) is 4.64. The van der Waals surface area contributed by atoms with E-state index in [0.717, 1.165) is 167 Å². The van der Waals surface area contributed by atoms with Crippen molar-refractivity contribution in [3.63, 3.8) is 0 Å². The molecule has 0 bridgehead atoms. The highest BCUT2D eigenvalue weighted by atomic mass is 31.2. The van der Waals surface area contributed by atoms with Crippen molar-refractivity contribution in [3.05, 3.63) is 97.2 Å². The summed E-state index contributed by atoms with van der Waals surface area (Å²) in [7, 11) is -9.95. The molecule has 0 spiro atoms. The predicted molar refractivity (Wildman–Crippen MR) is 409 cm³/mol. The van der Waals surface area contributed by atoms with Gasteiger partial charge in [0.05, 0.1) is 26.4 Å². The van der Waals surface area contributed by atoms with Crippen molar-refractivity contribution in [2.45, 2.75) is 354 Å². The fourth-order valence-corrected chi connectivity index (χ4v) is 12.2. The Morgan fingerprint density at radius 2 is 0.520 bits per heavy atom. The van der Waals surface area contributed by atoms with Crippen molar-refractivity contribution < 1.29 is 80.2 Å². The minimum atomic E-state index is -4.98. The molecule has 5 unspecified atom stereocenters. The van der Waals surface area contributed by atoms with Gasteiger partial charge in [0.25, 0.3) is 0 Å². The Hall–Kier alpha value is -4.02. The van der Waals surface area contributed by atoms with Crippen LogP contribution in [-0.2, 0) is 65.4 Å². The lowest BCUT2D eigenvalue weighted by Gasteiger charge is -2.21. The van der Waals surface area contributed by atoms with Crippen LogP contribution in [0.1, 0.15) is 336 Å². The zero-order valence-corrected chi connectivity index (χ0v) is 64.9. The van der Waals surface area contributed by atoms with E-state index >= 15 is 0 Å². The summed E-state index contributed by atoms with van der Waals surface area (Å²) in [5.41, 5.74) is 0. The molecular weight excluding hydrogens is 1310 g/mol. The van der Waals surface area contributed by atoms with Gasteiger partial charge in [-0.1, -0.05) is 305 Å². The number of allylic oxidation sites excluding steroid dienone is 16. The van der Waals surface area contributed by atoms with Crippen molar-refractivity contribution in [2.24, 2.45) is 0 Å². The number of phosphoric acid groups is 2. The highest BCUT2D eigenvalue weighted by Gasteiger charge is 2.30. The van der Waals surface area contributed by atoms with E-state index in [1.54, 1.807) is 0 Å². The lowest BCUT2D eigenvalue weighted by Crippen LogP contribution is -2.30. The summed E-state index contributed by atoms with van der Waals surface area (Å²) in [5.74, 6) is -2.19. The van der Waals surface area contributed by atoms with Crippen LogP contribution in [0.3, 0.4) is 0 Å². The van der Waals surface area contributed by atoms with Crippen LogP contribution in [0.4, 0.5) is 0 Å². The summed E-state index contributed by atoms with van der Waals surface area (Å²) in [4.78, 5) is 72.9. The number of unbranched alkanes of at least 4 members (excludes halogenated alkanes) is 32. The molecule has 0 rings (SSSR count). The van der Waals surface area contributed by atoms with Crippen molar-refractivity contribution in [3.8, 4) is 0 Å². The van der Waals surface area contributed by atoms with Crippen molar-refractivity contribution in [2.75, 3.05) is 39.6 Å². The second-order valence-corrected chi connectivity index (χ2v) is 29.2. The maximum absolute atomic E-state index is 13.1. The standard InChI is InChI=1S/C81H142O17P2/c1-5-9-13-17-21-25-29-32-34-36-37-39-41-44-47-50-54-58-62-66-78(83)91-71-76(97-80(85)67-63-59-55-51-45-28-24-20-16-12-8-4)73-95-99(87,88)93-69-75(82)70-94-100(89,90)96-74-77(98-81(86)68-64-60-56-52-48-42-31-27-23-19-15-11-7-3)72-92-79(84)65-61-57-53-49-46-43-40-38-35-33-30-26-22-18-14-10-6-2/h9-10,13-14,21-22,25-26,32-35,37,39-40,43,75-77,82H,5-8,11-12,15-20,23-24,27-31,36,38,41-42,44-74H2,1-4H3,(H,87,88)(H,89,90)/b13-9-,14-10-,25-21-,26-22-,34-32-,35-33-,39-37-,43-40-. The largest absolute Gasteiger partial charge is 0.472 e. The summed E-state index contributed by atoms with van der Waals surface area (Å²) < 4.78 is 68.5. The van der Waals surface area contributed by atoms with Crippen LogP contribution < -0.4 is 0 Å². The Balaban J connectivity index is 5.31. The Bertz CT molecular complexity index is 2270. The lowest BCUT2D eigenvalue weighted by molar-refractivity contribution is -0.161. The molecular formula is C81H142O17P2. The number of phosphoric ester groups is 2. The number of carbonyl (C=O) groups excluding carboxylic acids is 4. The number of rotatable bonds is 74. The normalized spacial score (nSPS) is 14.4. The minimum Gasteiger partial charge on any atom is -0.462 e. The van der Waals surface area contributed by atoms with Gasteiger partial charge in [0.2, 0.25) is 0 Å². The minimum absolute atomic E-state index is 0.0929. The third kappa shape index (κ3) is 72.3. The Morgan fingerprint density at radius 1 is 0.290 bits per heavy atom. The molecule has 578 valence electrons. The van der Waals surface area contributed by atoms with Crippen LogP contribution in [0, 0.1) is 0 Å². The molecule has 0 heterocycles. The Morgan fingerprint density at radius 3 is 0.800 bits per heavy atom. The van der Waals surface area contributed by atoms with E-state index in [4.69, 9.17) is 37.0 Å². The molecule has 0 saturated carbocycles. The second kappa shape index (κ2) is 73.3. The molecule has 0 aromatic heterocycles. The van der Waals surface area contributed by atoms with Crippen LogP contribution in [0.25, 0.3) is 0 Å². The lowest BCUT2D eigenvalue weighted by atomic mass is 10.0. The van der Waals surface area contributed by atoms with E-state index in [9.17, 15) is 43.2 Å². The molecule has 0 aliphatic heterocycles. The zero-order valence-electron chi connectivity index (χ0n) is 63.1. The number of aliphatic hydroxyl groups excluding tert-OH is 1. The molecule has 17 nitrogen and oxygen atoms in total. The van der Waals surface area contributed by atoms with Crippen molar-refractivity contribution >= 4 is 39.5 Å². The maximum Gasteiger partial charge on any atom is 0.472 e. The van der Waals surface area contributed by atoms with Gasteiger partial charge in [0, 0.05) is 25.7 Å². The number of carbonyl (C=O) groups is 4. The van der Waals surface area contributed by atoms with E-state index in [0.29, 0.717) is 25.7 Å². The molecule has 3 N–H and O–H groups in total. The smallest absolute Gasteiger partial charge is 0.462 e. The maximum atomic E-state index is 13.1. The van der Waals surface area contributed by atoms with E-state index < -0.39 is 97.5 Å². The number of esters is 4. The van der Waals surface area contributed by atoms with Crippen LogP contribution in [-0.4, -0.2) is 96.7 Å². The second-order valence-electron chi connectivity index (χ2n) is 26.3. The number of hydrogen-bond acceptors (Lipinski definition) is 15. The molecule has 19 heteroatoms. The van der Waals surface area contributed by atoms with Gasteiger partial charge in [-0.15, -0.1) is 0 Å². The van der Waals surface area contributed by atoms with Crippen molar-refractivity contribution in [1.29, 1.82) is 0 Å². The van der Waals surface area contributed by atoms with Gasteiger partial charge in [0.1, 0.15) is 19.3 Å². The molecule has 0 aromatic rings. The highest BCUT2D eigenvalue weighted by Crippen LogP contribution is 2.45. The first-order valence-corrected chi connectivity index (χ1v) is 42.5. The van der Waals surface area contributed by atoms with E-state index in [1.165, 1.54) is 89.9 Å². The average molecular weight is 1450 g/mol. The Labute approximate surface area is 607 Å². The molecule has 0 amide bonds. The highest BCUT2D eigenvalue weighted by molar-refractivity contribution is 7.47. The monoisotopic (exact) mass is 1450 g/mol. The first-order chi connectivity index (χ1) is 48.7. The van der Waals surface area contributed by atoms with E-state index in [2.05, 4.69) is 125 Å². The average Bonchev–Trinajstić information content (AvgIpc) is 1.02. The van der Waals surface area contributed by atoms with Gasteiger partial charge in [-0.25, -0.2) is 9.13 Å². The number of aliphatic hydroxyl groups is 1. The topological polar surface area (TPSA) is 237 Å². The van der Waals surface area contributed by atoms with E-state index in [-0.39, 0.29) is 25.7 Å². The molecule has 0 fully saturated rings. The van der Waals surface area contributed by atoms with Gasteiger partial charge in [-0.3, -0.25) is 37.3 Å². The summed E-state index contributed by atoms with van der Waals surface area (Å²) in [5, 5.41) is 10.6. The first kappa shape index (κ1) is 96.0. The summed E-state index contributed by atoms with van der Waals surface area (Å²) >= 11 is 0. The van der Waals surface area contributed by atoms with Crippen molar-refractivity contribution in [1.82, 2.24) is 0 Å². The molecule has 5 atom stereocenters. The van der Waals surface area contributed by atoms with Gasteiger partial charge >= 0.3 is 39.5 Å². The third-order valence-electron chi connectivity index (χ3n) is 16.6. The number of hydrogen-bond donors (Lipinski definition) is 3. The van der Waals surface area contributed by atoms with Crippen LogP contribution in [0.5, 0.6) is 0 Å². The fraction of sp³-hybridized carbons (Fsp3) is 0.753. The SMILES string of the molecule is CC/C=C\C/C=C\C/C=C\C/C=C\CCCCCCCCC(=O)OCC(COP(=O)(O)OCC(O)COP(=O)(O)OCC(COC(=O)CCCCCC/C=C\C/C=C\C/C=C\C/C=C\CC)OC(=O)CCCCCCCCCCCCCCC)OC(=O)CCCCCCCCCCCCC. The predicted octanol–water partition coefficient (Wildman–Crippen LogP) is 22.8. The quantitative estimate of drug-likeness (QED) is 0.0169. The first-order valence-electron chi connectivity index (χ1n) is 39.5. The van der Waals surface area contributed by atoms with E-state index in [1.807, 2.05) is 0 Å². The van der Waals surface area contributed by atoms with Gasteiger partial charge in [0.15, 0.2) is 12.2 Å².